The standard InChI is InChI=1S/C13H15Br/c1-5-12(13(2,3)4)10-7-6-8-11(14)9-10/h6-9H,1H2,2-4H3. The second-order valence-electron chi connectivity index (χ2n) is 4.31. The first-order chi connectivity index (χ1) is 6.45. The van der Waals surface area contributed by atoms with Gasteiger partial charge in [0.05, 0.1) is 0 Å². The minimum absolute atomic E-state index is 0.0859. The highest BCUT2D eigenvalue weighted by Crippen LogP contribution is 2.33. The minimum Gasteiger partial charge on any atom is -0.124 e. The average molecular weight is 251 g/mol. The molecule has 0 aliphatic rings. The zero-order chi connectivity index (χ0) is 10.8. The second kappa shape index (κ2) is 4.16. The Morgan fingerprint density at radius 2 is 2.00 bits per heavy atom. The van der Waals surface area contributed by atoms with Gasteiger partial charge in [0.25, 0.3) is 0 Å². The fraction of sp³-hybridized carbons (Fsp3) is 0.308. The van der Waals surface area contributed by atoms with Gasteiger partial charge in [0.1, 0.15) is 0 Å². The van der Waals surface area contributed by atoms with Crippen LogP contribution in [0.4, 0.5) is 0 Å². The van der Waals surface area contributed by atoms with Crippen LogP contribution in [0.25, 0.3) is 5.57 Å². The molecule has 0 nitrogen and oxygen atoms in total. The Morgan fingerprint density at radius 3 is 2.43 bits per heavy atom. The summed E-state index contributed by atoms with van der Waals surface area (Å²) in [5.74, 6) is 0. The fourth-order valence-corrected chi connectivity index (χ4v) is 1.84. The Balaban J connectivity index is 3.23. The molecular formula is C13H15Br. The summed E-state index contributed by atoms with van der Waals surface area (Å²) < 4.78 is 1.09. The molecule has 0 aliphatic carbocycles. The van der Waals surface area contributed by atoms with Gasteiger partial charge in [-0.1, -0.05) is 55.4 Å². The molecular weight excluding hydrogens is 236 g/mol. The smallest absolute Gasteiger partial charge is 0.0181 e. The van der Waals surface area contributed by atoms with E-state index in [9.17, 15) is 0 Å². The highest BCUT2D eigenvalue weighted by atomic mass is 79.9. The molecule has 0 aliphatic heterocycles. The van der Waals surface area contributed by atoms with Crippen molar-refractivity contribution in [1.29, 1.82) is 0 Å². The van der Waals surface area contributed by atoms with E-state index < -0.39 is 0 Å². The summed E-state index contributed by atoms with van der Waals surface area (Å²) in [4.78, 5) is 0. The lowest BCUT2D eigenvalue weighted by Gasteiger charge is -2.21. The van der Waals surface area contributed by atoms with E-state index in [2.05, 4.69) is 61.1 Å². The number of rotatable bonds is 1. The number of allylic oxidation sites excluding steroid dienone is 1. The lowest BCUT2D eigenvalue weighted by atomic mass is 9.83. The van der Waals surface area contributed by atoms with E-state index in [-0.39, 0.29) is 5.41 Å². The van der Waals surface area contributed by atoms with Crippen LogP contribution in [0.2, 0.25) is 0 Å². The first-order valence-electron chi connectivity index (χ1n) is 4.61. The Kier molecular flexibility index (Phi) is 3.36. The second-order valence-corrected chi connectivity index (χ2v) is 5.23. The van der Waals surface area contributed by atoms with Crippen molar-refractivity contribution in [3.05, 3.63) is 46.6 Å². The van der Waals surface area contributed by atoms with Crippen molar-refractivity contribution in [3.63, 3.8) is 0 Å². The zero-order valence-corrected chi connectivity index (χ0v) is 10.5. The van der Waals surface area contributed by atoms with E-state index >= 15 is 0 Å². The van der Waals surface area contributed by atoms with Crippen LogP contribution in [0.15, 0.2) is 41.0 Å². The SMILES string of the molecule is C=C=C(c1cccc(Br)c1)C(C)(C)C. The molecule has 1 heteroatoms. The van der Waals surface area contributed by atoms with Crippen LogP contribution in [-0.4, -0.2) is 0 Å². The maximum absolute atomic E-state index is 3.76. The number of benzene rings is 1. The molecule has 0 fully saturated rings. The fourth-order valence-electron chi connectivity index (χ4n) is 1.44. The topological polar surface area (TPSA) is 0 Å². The lowest BCUT2D eigenvalue weighted by molar-refractivity contribution is 0.567. The molecule has 0 spiro atoms. The molecule has 0 unspecified atom stereocenters. The molecule has 0 saturated carbocycles. The van der Waals surface area contributed by atoms with Gasteiger partial charge in [-0.15, -0.1) is 5.73 Å². The first kappa shape index (κ1) is 11.3. The van der Waals surface area contributed by atoms with Crippen molar-refractivity contribution in [2.75, 3.05) is 0 Å². The first-order valence-corrected chi connectivity index (χ1v) is 5.41. The highest BCUT2D eigenvalue weighted by molar-refractivity contribution is 9.10. The normalized spacial score (nSPS) is 10.9. The van der Waals surface area contributed by atoms with Crippen molar-refractivity contribution in [1.82, 2.24) is 0 Å². The van der Waals surface area contributed by atoms with Crippen LogP contribution in [0.1, 0.15) is 26.3 Å². The number of hydrogen-bond acceptors (Lipinski definition) is 0. The minimum atomic E-state index is 0.0859. The predicted octanol–water partition coefficient (Wildman–Crippen LogP) is 4.66. The van der Waals surface area contributed by atoms with E-state index in [0.29, 0.717) is 0 Å². The molecule has 0 bridgehead atoms. The number of hydrogen-bond donors (Lipinski definition) is 0. The van der Waals surface area contributed by atoms with Crippen molar-refractivity contribution < 1.29 is 0 Å². The quantitative estimate of drug-likeness (QED) is 0.636. The molecule has 0 amide bonds. The van der Waals surface area contributed by atoms with Gasteiger partial charge in [-0.2, -0.15) is 0 Å². The molecule has 14 heavy (non-hydrogen) atoms. The Labute approximate surface area is 94.5 Å². The summed E-state index contributed by atoms with van der Waals surface area (Å²) >= 11 is 3.46. The van der Waals surface area contributed by atoms with Crippen LogP contribution in [-0.2, 0) is 0 Å². The van der Waals surface area contributed by atoms with E-state index in [4.69, 9.17) is 0 Å². The van der Waals surface area contributed by atoms with Crippen molar-refractivity contribution >= 4 is 21.5 Å². The summed E-state index contributed by atoms with van der Waals surface area (Å²) in [6.45, 7) is 10.3. The molecule has 0 atom stereocenters. The lowest BCUT2D eigenvalue weighted by Crippen LogP contribution is -2.07. The Bertz CT molecular complexity index is 376. The van der Waals surface area contributed by atoms with Crippen molar-refractivity contribution in [2.24, 2.45) is 5.41 Å². The zero-order valence-electron chi connectivity index (χ0n) is 8.89. The largest absolute Gasteiger partial charge is 0.124 e. The third-order valence-corrected chi connectivity index (χ3v) is 2.53. The maximum Gasteiger partial charge on any atom is 0.0181 e. The van der Waals surface area contributed by atoms with Crippen molar-refractivity contribution in [3.8, 4) is 0 Å². The highest BCUT2D eigenvalue weighted by Gasteiger charge is 2.18. The van der Waals surface area contributed by atoms with Gasteiger partial charge in [0, 0.05) is 10.0 Å². The Hall–Kier alpha value is -0.780. The van der Waals surface area contributed by atoms with Gasteiger partial charge in [-0.3, -0.25) is 0 Å². The van der Waals surface area contributed by atoms with E-state index in [1.165, 1.54) is 5.56 Å². The summed E-state index contributed by atoms with van der Waals surface area (Å²) in [6.07, 6.45) is 0. The monoisotopic (exact) mass is 250 g/mol. The average Bonchev–Trinajstić information content (AvgIpc) is 2.02. The predicted molar refractivity (Wildman–Crippen MR) is 66.1 cm³/mol. The van der Waals surface area contributed by atoms with Gasteiger partial charge >= 0.3 is 0 Å². The molecule has 0 N–H and O–H groups in total. The van der Waals surface area contributed by atoms with E-state index in [1.54, 1.807) is 0 Å². The summed E-state index contributed by atoms with van der Waals surface area (Å²) in [7, 11) is 0. The molecule has 0 radical (unpaired) electrons. The van der Waals surface area contributed by atoms with Crippen molar-refractivity contribution in [2.45, 2.75) is 20.8 Å². The summed E-state index contributed by atoms with van der Waals surface area (Å²) in [6, 6.07) is 8.23. The molecule has 0 heterocycles. The maximum atomic E-state index is 3.76. The van der Waals surface area contributed by atoms with E-state index in [1.807, 2.05) is 12.1 Å². The van der Waals surface area contributed by atoms with E-state index in [0.717, 1.165) is 10.0 Å². The van der Waals surface area contributed by atoms with Crippen LogP contribution < -0.4 is 0 Å². The van der Waals surface area contributed by atoms with Gasteiger partial charge in [0.15, 0.2) is 0 Å². The van der Waals surface area contributed by atoms with Gasteiger partial charge in [0.2, 0.25) is 0 Å². The molecule has 0 aromatic heterocycles. The third-order valence-electron chi connectivity index (χ3n) is 2.04. The van der Waals surface area contributed by atoms with Gasteiger partial charge in [-0.05, 0) is 23.1 Å². The molecule has 0 saturated heterocycles. The van der Waals surface area contributed by atoms with Crippen LogP contribution in [0.5, 0.6) is 0 Å². The molecule has 74 valence electrons. The van der Waals surface area contributed by atoms with Crippen LogP contribution >= 0.6 is 15.9 Å². The van der Waals surface area contributed by atoms with Crippen LogP contribution in [0.3, 0.4) is 0 Å². The summed E-state index contributed by atoms with van der Waals surface area (Å²) in [5.41, 5.74) is 5.45. The Morgan fingerprint density at radius 1 is 1.36 bits per heavy atom. The summed E-state index contributed by atoms with van der Waals surface area (Å²) in [5, 5.41) is 0. The molecule has 1 aromatic rings. The third kappa shape index (κ3) is 2.60. The van der Waals surface area contributed by atoms with Gasteiger partial charge < -0.3 is 0 Å². The molecule has 1 aromatic carbocycles. The molecule has 1 rings (SSSR count). The van der Waals surface area contributed by atoms with Gasteiger partial charge in [-0.25, -0.2) is 0 Å². The van der Waals surface area contributed by atoms with Crippen LogP contribution in [0, 0.1) is 5.41 Å². The number of halogens is 1.